The highest BCUT2D eigenvalue weighted by Crippen LogP contribution is 2.37. The van der Waals surface area contributed by atoms with Crippen molar-refractivity contribution in [3.8, 4) is 11.5 Å². The Kier molecular flexibility index (Phi) is 10.1. The zero-order valence-corrected chi connectivity index (χ0v) is 16.5. The van der Waals surface area contributed by atoms with E-state index in [1.54, 1.807) is 12.1 Å². The number of rotatable bonds is 10. The molecular formula is C16H19BrCl2FNO3. The maximum absolute atomic E-state index is 12.5. The summed E-state index contributed by atoms with van der Waals surface area (Å²) in [6, 6.07) is 3.15. The fraction of sp³-hybridized carbons (Fsp3) is 0.438. The topological polar surface area (TPSA) is 40.0 Å². The molecule has 4 nitrogen and oxygen atoms in total. The van der Waals surface area contributed by atoms with E-state index < -0.39 is 4.74 Å². The van der Waals surface area contributed by atoms with Crippen molar-refractivity contribution in [1.82, 2.24) is 0 Å². The van der Waals surface area contributed by atoms with Crippen LogP contribution < -0.4 is 9.47 Å². The third-order valence-corrected chi connectivity index (χ3v) is 3.47. The molecule has 0 spiro atoms. The van der Waals surface area contributed by atoms with Gasteiger partial charge in [0.05, 0.1) is 22.4 Å². The van der Waals surface area contributed by atoms with Gasteiger partial charge in [-0.05, 0) is 48.7 Å². The highest BCUT2D eigenvalue weighted by atomic mass is 79.9. The van der Waals surface area contributed by atoms with E-state index in [1.807, 2.05) is 13.8 Å². The van der Waals surface area contributed by atoms with Crippen LogP contribution in [-0.4, -0.2) is 25.5 Å². The first-order valence-corrected chi connectivity index (χ1v) is 8.84. The van der Waals surface area contributed by atoms with Gasteiger partial charge in [-0.3, -0.25) is 0 Å². The average Bonchev–Trinajstić information content (AvgIpc) is 2.47. The minimum absolute atomic E-state index is 0.0592. The van der Waals surface area contributed by atoms with Gasteiger partial charge in [0.15, 0.2) is 10.5 Å². The van der Waals surface area contributed by atoms with Gasteiger partial charge in [-0.2, -0.15) is 4.39 Å². The minimum atomic E-state index is -0.497. The van der Waals surface area contributed by atoms with Gasteiger partial charge in [0.1, 0.15) is 19.0 Å². The Morgan fingerprint density at radius 1 is 1.17 bits per heavy atom. The molecule has 1 aromatic rings. The third-order valence-electron chi connectivity index (χ3n) is 2.58. The number of unbranched alkanes of at least 4 members (excludes halogenated alkanes) is 1. The average molecular weight is 443 g/mol. The van der Waals surface area contributed by atoms with Crippen molar-refractivity contribution in [1.29, 1.82) is 0 Å². The quantitative estimate of drug-likeness (QED) is 0.248. The van der Waals surface area contributed by atoms with Crippen LogP contribution in [0.25, 0.3) is 0 Å². The number of ether oxygens (including phenoxy) is 2. The predicted octanol–water partition coefficient (Wildman–Crippen LogP) is 6.15. The molecule has 0 N–H and O–H groups in total. The second-order valence-corrected chi connectivity index (χ2v) is 6.52. The number of halogens is 4. The first kappa shape index (κ1) is 21.1. The first-order valence-electron chi connectivity index (χ1n) is 7.29. The van der Waals surface area contributed by atoms with Crippen LogP contribution in [0.4, 0.5) is 4.39 Å². The van der Waals surface area contributed by atoms with Gasteiger partial charge in [-0.25, -0.2) is 0 Å². The summed E-state index contributed by atoms with van der Waals surface area (Å²) >= 11 is 15.0. The highest BCUT2D eigenvalue weighted by Gasteiger charge is 2.10. The second kappa shape index (κ2) is 11.6. The molecule has 24 heavy (non-hydrogen) atoms. The SMILES string of the molecule is CC(C)=NOCCCCOc1c(Cl)cc(OC/C=C(\F)Br)cc1Cl. The summed E-state index contributed by atoms with van der Waals surface area (Å²) in [6.07, 6.45) is 2.81. The molecule has 0 bridgehead atoms. The van der Waals surface area contributed by atoms with Gasteiger partial charge >= 0.3 is 0 Å². The smallest absolute Gasteiger partial charge is 0.165 e. The molecule has 8 heteroatoms. The maximum atomic E-state index is 12.5. The third kappa shape index (κ3) is 8.76. The van der Waals surface area contributed by atoms with Crippen molar-refractivity contribution in [3.05, 3.63) is 33.0 Å². The van der Waals surface area contributed by atoms with Crippen LogP contribution in [0.5, 0.6) is 11.5 Å². The lowest BCUT2D eigenvalue weighted by molar-refractivity contribution is 0.135. The number of benzene rings is 1. The molecule has 0 unspecified atom stereocenters. The number of oxime groups is 1. The van der Waals surface area contributed by atoms with E-state index in [0.29, 0.717) is 34.8 Å². The van der Waals surface area contributed by atoms with Crippen molar-refractivity contribution in [2.75, 3.05) is 19.8 Å². The molecule has 0 aliphatic rings. The predicted molar refractivity (Wildman–Crippen MR) is 99.5 cm³/mol. The van der Waals surface area contributed by atoms with Crippen molar-refractivity contribution >= 4 is 44.8 Å². The molecule has 0 fully saturated rings. The van der Waals surface area contributed by atoms with Crippen molar-refractivity contribution in [3.63, 3.8) is 0 Å². The Bertz CT molecular complexity index is 566. The summed E-state index contributed by atoms with van der Waals surface area (Å²) in [5.74, 6) is 0.833. The maximum Gasteiger partial charge on any atom is 0.165 e. The van der Waals surface area contributed by atoms with E-state index in [9.17, 15) is 4.39 Å². The Balaban J connectivity index is 2.43. The number of nitrogens with zero attached hydrogens (tertiary/aromatic N) is 1. The van der Waals surface area contributed by atoms with Gasteiger partial charge in [0.2, 0.25) is 0 Å². The molecular weight excluding hydrogens is 424 g/mol. The van der Waals surface area contributed by atoms with E-state index in [4.69, 9.17) is 37.5 Å². The van der Waals surface area contributed by atoms with Crippen molar-refractivity contribution in [2.24, 2.45) is 5.16 Å². The normalized spacial score (nSPS) is 11.2. The lowest BCUT2D eigenvalue weighted by atomic mass is 10.3. The molecule has 0 aliphatic heterocycles. The standard InChI is InChI=1S/C16H19BrCl2FNO3/c1-11(2)21-24-7-4-3-6-23-16-13(18)9-12(10-14(16)19)22-8-5-15(17)20/h5,9-10H,3-4,6-8H2,1-2H3/b15-5-. The van der Waals surface area contributed by atoms with Crippen LogP contribution >= 0.6 is 39.1 Å². The second-order valence-electron chi connectivity index (χ2n) is 4.95. The minimum Gasteiger partial charge on any atom is -0.490 e. The van der Waals surface area contributed by atoms with E-state index in [1.165, 1.54) is 6.08 Å². The molecule has 1 rings (SSSR count). The lowest BCUT2D eigenvalue weighted by Crippen LogP contribution is -2.01. The van der Waals surface area contributed by atoms with Gasteiger partial charge < -0.3 is 14.3 Å². The van der Waals surface area contributed by atoms with E-state index >= 15 is 0 Å². The van der Waals surface area contributed by atoms with Crippen LogP contribution in [0, 0.1) is 0 Å². The molecule has 0 radical (unpaired) electrons. The fourth-order valence-electron chi connectivity index (χ4n) is 1.58. The monoisotopic (exact) mass is 441 g/mol. The summed E-state index contributed by atoms with van der Waals surface area (Å²) < 4.78 is 23.0. The summed E-state index contributed by atoms with van der Waals surface area (Å²) in [6.45, 7) is 4.78. The van der Waals surface area contributed by atoms with E-state index in [0.717, 1.165) is 18.6 Å². The van der Waals surface area contributed by atoms with Crippen LogP contribution in [0.15, 0.2) is 28.1 Å². The van der Waals surface area contributed by atoms with E-state index in [2.05, 4.69) is 21.1 Å². The first-order chi connectivity index (χ1) is 11.4. The van der Waals surface area contributed by atoms with Crippen LogP contribution in [-0.2, 0) is 4.84 Å². The van der Waals surface area contributed by atoms with Gasteiger partial charge in [0.25, 0.3) is 0 Å². The lowest BCUT2D eigenvalue weighted by Gasteiger charge is -2.12. The van der Waals surface area contributed by atoms with Crippen molar-refractivity contribution < 1.29 is 18.7 Å². The summed E-state index contributed by atoms with van der Waals surface area (Å²) in [5, 5.41) is 4.52. The van der Waals surface area contributed by atoms with Gasteiger partial charge in [-0.1, -0.05) is 28.4 Å². The molecule has 0 saturated heterocycles. The molecule has 1 aromatic carbocycles. The zero-order valence-electron chi connectivity index (χ0n) is 13.5. The Morgan fingerprint density at radius 3 is 2.38 bits per heavy atom. The van der Waals surface area contributed by atoms with Crippen LogP contribution in [0.3, 0.4) is 0 Å². The largest absolute Gasteiger partial charge is 0.490 e. The Hall–Kier alpha value is -0.980. The molecule has 0 aromatic heterocycles. The fourth-order valence-corrected chi connectivity index (χ4v) is 2.28. The van der Waals surface area contributed by atoms with Crippen LogP contribution in [0.2, 0.25) is 10.0 Å². The van der Waals surface area contributed by atoms with E-state index in [-0.39, 0.29) is 6.61 Å². The Labute approximate surface area is 159 Å². The van der Waals surface area contributed by atoms with Crippen molar-refractivity contribution in [2.45, 2.75) is 26.7 Å². The molecule has 0 amide bonds. The number of hydrogen-bond donors (Lipinski definition) is 0. The summed E-state index contributed by atoms with van der Waals surface area (Å²) in [5.41, 5.74) is 0.876. The molecule has 0 aliphatic carbocycles. The molecule has 0 heterocycles. The zero-order chi connectivity index (χ0) is 17.9. The Morgan fingerprint density at radius 2 is 1.79 bits per heavy atom. The molecule has 134 valence electrons. The summed E-state index contributed by atoms with van der Waals surface area (Å²) in [7, 11) is 0. The highest BCUT2D eigenvalue weighted by molar-refractivity contribution is 9.11. The molecule has 0 atom stereocenters. The van der Waals surface area contributed by atoms with Crippen LogP contribution in [0.1, 0.15) is 26.7 Å². The molecule has 0 saturated carbocycles. The van der Waals surface area contributed by atoms with Gasteiger partial charge in [-0.15, -0.1) is 0 Å². The van der Waals surface area contributed by atoms with Gasteiger partial charge in [0, 0.05) is 12.1 Å². The number of hydrogen-bond acceptors (Lipinski definition) is 4. The summed E-state index contributed by atoms with van der Waals surface area (Å²) in [4.78, 5) is 5.09.